The van der Waals surface area contributed by atoms with E-state index in [1.54, 1.807) is 18.2 Å². The summed E-state index contributed by atoms with van der Waals surface area (Å²) < 4.78 is 5.84. The maximum Gasteiger partial charge on any atom is 0.314 e. The van der Waals surface area contributed by atoms with Crippen LogP contribution < -0.4 is 11.1 Å². The summed E-state index contributed by atoms with van der Waals surface area (Å²) in [6.45, 7) is 0. The van der Waals surface area contributed by atoms with E-state index in [0.717, 1.165) is 10.0 Å². The summed E-state index contributed by atoms with van der Waals surface area (Å²) >= 11 is 9.17. The second-order valence-corrected chi connectivity index (χ2v) is 4.06. The molecule has 4 nitrogen and oxygen atoms in total. The summed E-state index contributed by atoms with van der Waals surface area (Å²) in [5, 5.41) is 2.98. The zero-order chi connectivity index (χ0) is 11.4. The summed E-state index contributed by atoms with van der Waals surface area (Å²) in [5.41, 5.74) is 5.73. The lowest BCUT2D eigenvalue weighted by Gasteiger charge is -2.16. The maximum absolute atomic E-state index is 10.7. The van der Waals surface area contributed by atoms with Crippen molar-refractivity contribution in [3.63, 3.8) is 0 Å². The Hall–Kier alpha value is -0.780. The Bertz CT molecular complexity index is 373. The van der Waals surface area contributed by atoms with Gasteiger partial charge in [-0.2, -0.15) is 0 Å². The minimum absolute atomic E-state index is 0.542. The predicted octanol–water partition coefficient (Wildman–Crippen LogP) is 2.42. The van der Waals surface area contributed by atoms with E-state index < -0.39 is 12.3 Å². The minimum atomic E-state index is -0.652. The first-order chi connectivity index (χ1) is 7.04. The van der Waals surface area contributed by atoms with E-state index in [1.165, 1.54) is 7.11 Å². The van der Waals surface area contributed by atoms with Gasteiger partial charge in [-0.25, -0.2) is 4.79 Å². The molecule has 1 rings (SSSR count). The van der Waals surface area contributed by atoms with Gasteiger partial charge >= 0.3 is 6.03 Å². The number of hydrogen-bond donors (Lipinski definition) is 2. The number of nitrogens with two attached hydrogens (primary N) is 1. The molecule has 0 bridgehead atoms. The largest absolute Gasteiger partial charge is 0.357 e. The maximum atomic E-state index is 10.7. The number of rotatable bonds is 3. The summed E-state index contributed by atoms with van der Waals surface area (Å²) in [4.78, 5) is 10.7. The number of benzene rings is 1. The van der Waals surface area contributed by atoms with Gasteiger partial charge in [0.1, 0.15) is 0 Å². The molecule has 0 saturated carbocycles. The van der Waals surface area contributed by atoms with Crippen LogP contribution in [-0.4, -0.2) is 13.1 Å². The number of urea groups is 1. The molecule has 6 heteroatoms. The fourth-order valence-electron chi connectivity index (χ4n) is 1.08. The fraction of sp³-hybridized carbons (Fsp3) is 0.222. The van der Waals surface area contributed by atoms with Gasteiger partial charge in [0.15, 0.2) is 6.23 Å². The number of amides is 2. The summed E-state index contributed by atoms with van der Waals surface area (Å²) in [6, 6.07) is 4.59. The van der Waals surface area contributed by atoms with Crippen LogP contribution in [-0.2, 0) is 4.74 Å². The lowest BCUT2D eigenvalue weighted by atomic mass is 10.2. The first kappa shape index (κ1) is 12.3. The van der Waals surface area contributed by atoms with Crippen LogP contribution in [0.25, 0.3) is 0 Å². The van der Waals surface area contributed by atoms with E-state index in [1.807, 2.05) is 0 Å². The number of methoxy groups -OCH3 is 1. The molecule has 1 unspecified atom stereocenters. The van der Waals surface area contributed by atoms with Crippen LogP contribution in [0.5, 0.6) is 0 Å². The molecule has 0 saturated heterocycles. The van der Waals surface area contributed by atoms with Crippen molar-refractivity contribution in [3.8, 4) is 0 Å². The zero-order valence-electron chi connectivity index (χ0n) is 7.96. The predicted molar refractivity (Wildman–Crippen MR) is 61.6 cm³/mol. The standard InChI is InChI=1S/C9H10BrClN2O2/c1-15-8(13-9(12)14)5-2-3-6(10)7(11)4-5/h2-4,8H,1H3,(H3,12,13,14). The number of primary amides is 1. The lowest BCUT2D eigenvalue weighted by molar-refractivity contribution is 0.0827. The van der Waals surface area contributed by atoms with E-state index in [4.69, 9.17) is 22.1 Å². The summed E-state index contributed by atoms with van der Waals surface area (Å²) in [6.07, 6.45) is -0.590. The number of carbonyl (C=O) groups excluding carboxylic acids is 1. The van der Waals surface area contributed by atoms with Gasteiger partial charge in [-0.15, -0.1) is 0 Å². The van der Waals surface area contributed by atoms with E-state index >= 15 is 0 Å². The van der Waals surface area contributed by atoms with Crippen LogP contribution in [0.4, 0.5) is 4.79 Å². The highest BCUT2D eigenvalue weighted by Gasteiger charge is 2.12. The first-order valence-corrected chi connectivity index (χ1v) is 5.25. The van der Waals surface area contributed by atoms with E-state index in [-0.39, 0.29) is 0 Å². The highest BCUT2D eigenvalue weighted by molar-refractivity contribution is 9.10. The fourth-order valence-corrected chi connectivity index (χ4v) is 1.52. The third kappa shape index (κ3) is 3.37. The van der Waals surface area contributed by atoms with Crippen molar-refractivity contribution < 1.29 is 9.53 Å². The van der Waals surface area contributed by atoms with Crippen molar-refractivity contribution in [2.45, 2.75) is 6.23 Å². The van der Waals surface area contributed by atoms with Crippen molar-refractivity contribution in [2.24, 2.45) is 5.73 Å². The topological polar surface area (TPSA) is 64.3 Å². The van der Waals surface area contributed by atoms with Crippen LogP contribution in [0, 0.1) is 0 Å². The molecule has 0 aliphatic carbocycles. The van der Waals surface area contributed by atoms with E-state index in [9.17, 15) is 4.79 Å². The van der Waals surface area contributed by atoms with Gasteiger partial charge in [-0.05, 0) is 28.1 Å². The SMILES string of the molecule is COC(NC(N)=O)c1ccc(Br)c(Cl)c1. The summed E-state index contributed by atoms with van der Waals surface area (Å²) in [7, 11) is 1.47. The van der Waals surface area contributed by atoms with E-state index in [2.05, 4.69) is 21.2 Å². The van der Waals surface area contributed by atoms with Gasteiger partial charge in [-0.3, -0.25) is 0 Å². The number of hydrogen-bond acceptors (Lipinski definition) is 2. The molecule has 3 N–H and O–H groups in total. The van der Waals surface area contributed by atoms with Crippen molar-refractivity contribution in [1.82, 2.24) is 5.32 Å². The highest BCUT2D eigenvalue weighted by Crippen LogP contribution is 2.26. The molecule has 1 aromatic rings. The normalized spacial score (nSPS) is 12.2. The molecule has 2 amide bonds. The van der Waals surface area contributed by atoms with Gasteiger partial charge < -0.3 is 15.8 Å². The molecule has 0 aromatic heterocycles. The van der Waals surface area contributed by atoms with Gasteiger partial charge in [0.05, 0.1) is 5.02 Å². The first-order valence-electron chi connectivity index (χ1n) is 4.08. The Labute approximate surface area is 101 Å². The monoisotopic (exact) mass is 292 g/mol. The average Bonchev–Trinajstić information content (AvgIpc) is 2.18. The molecule has 0 spiro atoms. The number of ether oxygens (including phenoxy) is 1. The van der Waals surface area contributed by atoms with Crippen LogP contribution in [0.15, 0.2) is 22.7 Å². The molecule has 1 aromatic carbocycles. The molecular formula is C9H10BrClN2O2. The highest BCUT2D eigenvalue weighted by atomic mass is 79.9. The Balaban J connectivity index is 2.92. The molecule has 0 aliphatic rings. The number of halogens is 2. The zero-order valence-corrected chi connectivity index (χ0v) is 10.3. The number of carbonyl (C=O) groups is 1. The van der Waals surface area contributed by atoms with Crippen molar-refractivity contribution in [2.75, 3.05) is 7.11 Å². The third-order valence-corrected chi connectivity index (χ3v) is 2.99. The molecule has 82 valence electrons. The third-order valence-electron chi connectivity index (χ3n) is 1.76. The van der Waals surface area contributed by atoms with Crippen LogP contribution in [0.2, 0.25) is 5.02 Å². The second kappa shape index (κ2) is 5.34. The van der Waals surface area contributed by atoms with Crippen LogP contribution in [0.3, 0.4) is 0 Å². The van der Waals surface area contributed by atoms with Crippen molar-refractivity contribution >= 4 is 33.6 Å². The van der Waals surface area contributed by atoms with Crippen molar-refractivity contribution in [3.05, 3.63) is 33.3 Å². The Morgan fingerprint density at radius 2 is 2.33 bits per heavy atom. The smallest absolute Gasteiger partial charge is 0.314 e. The Morgan fingerprint density at radius 1 is 1.67 bits per heavy atom. The Morgan fingerprint density at radius 3 is 2.80 bits per heavy atom. The van der Waals surface area contributed by atoms with Gasteiger partial charge in [0.2, 0.25) is 0 Å². The quantitative estimate of drug-likeness (QED) is 0.841. The minimum Gasteiger partial charge on any atom is -0.357 e. The van der Waals surface area contributed by atoms with Crippen LogP contribution >= 0.6 is 27.5 Å². The molecule has 15 heavy (non-hydrogen) atoms. The molecule has 1 atom stereocenters. The number of nitrogens with one attached hydrogen (secondary N) is 1. The second-order valence-electron chi connectivity index (χ2n) is 2.80. The molecule has 0 fully saturated rings. The van der Waals surface area contributed by atoms with Gasteiger partial charge in [-0.1, -0.05) is 17.7 Å². The molecular weight excluding hydrogens is 283 g/mol. The Kier molecular flexibility index (Phi) is 4.38. The van der Waals surface area contributed by atoms with Gasteiger partial charge in [0, 0.05) is 17.1 Å². The van der Waals surface area contributed by atoms with Gasteiger partial charge in [0.25, 0.3) is 0 Å². The van der Waals surface area contributed by atoms with E-state index in [0.29, 0.717) is 5.02 Å². The molecule has 0 radical (unpaired) electrons. The summed E-state index contributed by atoms with van der Waals surface area (Å²) in [5.74, 6) is 0. The molecule has 0 heterocycles. The van der Waals surface area contributed by atoms with Crippen LogP contribution in [0.1, 0.15) is 11.8 Å². The average molecular weight is 294 g/mol. The lowest BCUT2D eigenvalue weighted by Crippen LogP contribution is -2.34. The molecule has 0 aliphatic heterocycles. The van der Waals surface area contributed by atoms with Crippen molar-refractivity contribution in [1.29, 1.82) is 0 Å².